The van der Waals surface area contributed by atoms with Gasteiger partial charge in [0.05, 0.1) is 11.7 Å². The van der Waals surface area contributed by atoms with E-state index < -0.39 is 10.5 Å². The van der Waals surface area contributed by atoms with Crippen LogP contribution < -0.4 is 0 Å². The molecule has 0 radical (unpaired) electrons. The van der Waals surface area contributed by atoms with Crippen LogP contribution in [0.1, 0.15) is 25.0 Å². The van der Waals surface area contributed by atoms with Crippen molar-refractivity contribution >= 4 is 5.88 Å². The van der Waals surface area contributed by atoms with Gasteiger partial charge in [0.25, 0.3) is 0 Å². The molecule has 5 nitrogen and oxygen atoms in total. The molecule has 1 aliphatic carbocycles. The summed E-state index contributed by atoms with van der Waals surface area (Å²) in [5.74, 6) is 0.333. The van der Waals surface area contributed by atoms with Gasteiger partial charge >= 0.3 is 5.88 Å². The highest BCUT2D eigenvalue weighted by atomic mass is 16.6. The van der Waals surface area contributed by atoms with Crippen molar-refractivity contribution in [1.82, 2.24) is 0 Å². The molecule has 1 saturated carbocycles. The topological polar surface area (TPSA) is 76.5 Å². The molecule has 1 aromatic rings. The summed E-state index contributed by atoms with van der Waals surface area (Å²) in [5.41, 5.74) is -0.526. The predicted octanol–water partition coefficient (Wildman–Crippen LogP) is 1.65. The van der Waals surface area contributed by atoms with E-state index in [1.165, 1.54) is 6.07 Å². The minimum Gasteiger partial charge on any atom is -0.406 e. The standard InChI is InChI=1S/C9H11NO4/c11-9(5-6-9)4-3-7-1-2-8(14-7)10(12)13/h1-2,11H,3-6H2. The average molecular weight is 197 g/mol. The summed E-state index contributed by atoms with van der Waals surface area (Å²) in [6.45, 7) is 0. The van der Waals surface area contributed by atoms with Crippen molar-refractivity contribution in [3.63, 3.8) is 0 Å². The molecule has 0 aromatic carbocycles. The van der Waals surface area contributed by atoms with Crippen LogP contribution in [0.15, 0.2) is 16.5 Å². The van der Waals surface area contributed by atoms with Gasteiger partial charge in [0, 0.05) is 6.42 Å². The average Bonchev–Trinajstić information content (AvgIpc) is 2.68. The van der Waals surface area contributed by atoms with Gasteiger partial charge in [-0.1, -0.05) is 0 Å². The minimum absolute atomic E-state index is 0.234. The summed E-state index contributed by atoms with van der Waals surface area (Å²) >= 11 is 0. The van der Waals surface area contributed by atoms with Crippen molar-refractivity contribution in [2.75, 3.05) is 0 Å². The Hall–Kier alpha value is -1.36. The Morgan fingerprint density at radius 2 is 2.29 bits per heavy atom. The van der Waals surface area contributed by atoms with E-state index in [9.17, 15) is 15.2 Å². The summed E-state index contributed by atoms with van der Waals surface area (Å²) in [6, 6.07) is 2.93. The van der Waals surface area contributed by atoms with Crippen LogP contribution in [0.2, 0.25) is 0 Å². The predicted molar refractivity (Wildman–Crippen MR) is 47.9 cm³/mol. The Bertz CT molecular complexity index is 353. The van der Waals surface area contributed by atoms with E-state index in [1.54, 1.807) is 6.07 Å². The fourth-order valence-corrected chi connectivity index (χ4v) is 1.35. The van der Waals surface area contributed by atoms with Gasteiger partial charge in [0.2, 0.25) is 0 Å². The van der Waals surface area contributed by atoms with Gasteiger partial charge in [-0.25, -0.2) is 0 Å². The van der Waals surface area contributed by atoms with Crippen LogP contribution in [0.4, 0.5) is 5.88 Å². The molecule has 0 amide bonds. The molecule has 0 unspecified atom stereocenters. The second-order valence-corrected chi connectivity index (χ2v) is 3.72. The molecule has 0 spiro atoms. The Labute approximate surface area is 80.5 Å². The lowest BCUT2D eigenvalue weighted by Gasteiger charge is -2.03. The number of nitro groups is 1. The molecule has 1 aromatic heterocycles. The fraction of sp³-hybridized carbons (Fsp3) is 0.556. The van der Waals surface area contributed by atoms with Crippen LogP contribution in [0.25, 0.3) is 0 Å². The van der Waals surface area contributed by atoms with Crippen molar-refractivity contribution in [1.29, 1.82) is 0 Å². The molecule has 5 heteroatoms. The lowest BCUT2D eigenvalue weighted by atomic mass is 10.1. The lowest BCUT2D eigenvalue weighted by molar-refractivity contribution is -0.402. The van der Waals surface area contributed by atoms with E-state index in [0.29, 0.717) is 18.6 Å². The first kappa shape index (κ1) is 9.21. The molecule has 0 saturated heterocycles. The fourth-order valence-electron chi connectivity index (χ4n) is 1.35. The van der Waals surface area contributed by atoms with Gasteiger partial charge in [0.1, 0.15) is 10.7 Å². The third-order valence-electron chi connectivity index (χ3n) is 2.49. The Balaban J connectivity index is 1.93. The molecule has 2 rings (SSSR count). The molecular weight excluding hydrogens is 186 g/mol. The van der Waals surface area contributed by atoms with Gasteiger partial charge in [-0.05, 0) is 25.3 Å². The number of hydrogen-bond donors (Lipinski definition) is 1. The molecule has 0 aliphatic heterocycles. The van der Waals surface area contributed by atoms with Gasteiger partial charge in [-0.2, -0.15) is 0 Å². The van der Waals surface area contributed by atoms with E-state index >= 15 is 0 Å². The van der Waals surface area contributed by atoms with Crippen molar-refractivity contribution in [3.8, 4) is 0 Å². The van der Waals surface area contributed by atoms with E-state index in [-0.39, 0.29) is 5.88 Å². The highest BCUT2D eigenvalue weighted by Crippen LogP contribution is 2.39. The number of hydrogen-bond acceptors (Lipinski definition) is 4. The smallest absolute Gasteiger partial charge is 0.406 e. The third-order valence-corrected chi connectivity index (χ3v) is 2.49. The van der Waals surface area contributed by atoms with Crippen LogP contribution in [0.3, 0.4) is 0 Å². The number of rotatable bonds is 4. The lowest BCUT2D eigenvalue weighted by Crippen LogP contribution is -2.07. The highest BCUT2D eigenvalue weighted by Gasteiger charge is 2.39. The maximum absolute atomic E-state index is 10.3. The normalized spacial score (nSPS) is 18.1. The zero-order valence-corrected chi connectivity index (χ0v) is 7.60. The molecule has 1 aliphatic rings. The molecule has 76 valence electrons. The summed E-state index contributed by atoms with van der Waals surface area (Å²) in [5, 5.41) is 19.8. The Morgan fingerprint density at radius 3 is 2.79 bits per heavy atom. The summed E-state index contributed by atoms with van der Waals surface area (Å²) in [6.07, 6.45) is 2.84. The summed E-state index contributed by atoms with van der Waals surface area (Å²) in [7, 11) is 0. The van der Waals surface area contributed by atoms with Gasteiger partial charge in [-0.15, -0.1) is 0 Å². The molecule has 1 N–H and O–H groups in total. The number of aryl methyl sites for hydroxylation is 1. The number of furan rings is 1. The zero-order chi connectivity index (χ0) is 10.2. The number of aliphatic hydroxyl groups is 1. The van der Waals surface area contributed by atoms with E-state index in [2.05, 4.69) is 0 Å². The molecule has 1 fully saturated rings. The quantitative estimate of drug-likeness (QED) is 0.588. The third kappa shape index (κ3) is 1.93. The van der Waals surface area contributed by atoms with Crippen LogP contribution in [0, 0.1) is 10.1 Å². The first-order chi connectivity index (χ1) is 6.59. The zero-order valence-electron chi connectivity index (χ0n) is 7.60. The maximum Gasteiger partial charge on any atom is 0.433 e. The van der Waals surface area contributed by atoms with Crippen molar-refractivity contribution in [2.24, 2.45) is 0 Å². The second kappa shape index (κ2) is 3.09. The van der Waals surface area contributed by atoms with Gasteiger partial charge in [-0.3, -0.25) is 10.1 Å². The van der Waals surface area contributed by atoms with Crippen molar-refractivity contribution < 1.29 is 14.4 Å². The van der Waals surface area contributed by atoms with Crippen molar-refractivity contribution in [2.45, 2.75) is 31.3 Å². The molecule has 0 atom stereocenters. The van der Waals surface area contributed by atoms with E-state index in [4.69, 9.17) is 4.42 Å². The summed E-state index contributed by atoms with van der Waals surface area (Å²) < 4.78 is 4.96. The van der Waals surface area contributed by atoms with Gasteiger partial charge in [0.15, 0.2) is 0 Å². The Morgan fingerprint density at radius 1 is 1.57 bits per heavy atom. The van der Waals surface area contributed by atoms with Crippen LogP contribution in [-0.2, 0) is 6.42 Å². The second-order valence-electron chi connectivity index (χ2n) is 3.72. The first-order valence-corrected chi connectivity index (χ1v) is 4.55. The molecule has 0 bridgehead atoms. The minimum atomic E-state index is -0.560. The molecular formula is C9H11NO4. The van der Waals surface area contributed by atoms with Gasteiger partial charge < -0.3 is 9.52 Å². The van der Waals surface area contributed by atoms with Crippen LogP contribution in [0.5, 0.6) is 0 Å². The molecule has 14 heavy (non-hydrogen) atoms. The van der Waals surface area contributed by atoms with Crippen LogP contribution in [-0.4, -0.2) is 15.6 Å². The largest absolute Gasteiger partial charge is 0.433 e. The Kier molecular flexibility index (Phi) is 2.03. The highest BCUT2D eigenvalue weighted by molar-refractivity contribution is 5.18. The monoisotopic (exact) mass is 197 g/mol. The number of nitrogens with zero attached hydrogens (tertiary/aromatic N) is 1. The first-order valence-electron chi connectivity index (χ1n) is 4.55. The van der Waals surface area contributed by atoms with E-state index in [0.717, 1.165) is 12.8 Å². The van der Waals surface area contributed by atoms with Crippen LogP contribution >= 0.6 is 0 Å². The van der Waals surface area contributed by atoms with Crippen molar-refractivity contribution in [3.05, 3.63) is 28.0 Å². The maximum atomic E-state index is 10.3. The SMILES string of the molecule is O=[N+]([O-])c1ccc(CCC2(O)CC2)o1. The van der Waals surface area contributed by atoms with E-state index in [1.807, 2.05) is 0 Å². The molecule has 1 heterocycles. The summed E-state index contributed by atoms with van der Waals surface area (Å²) in [4.78, 5) is 9.73.